The average Bonchev–Trinajstić information content (AvgIpc) is 2.90. The van der Waals surface area contributed by atoms with Crippen LogP contribution in [-0.4, -0.2) is 56.9 Å². The smallest absolute Gasteiger partial charge is 0.243 e. The number of amides is 1. The SMILES string of the molecule is CN(CC1CCCC1)C(=O)C1(S(C)(=O)=O)CCNCC1. The molecule has 1 aliphatic heterocycles. The maximum atomic E-state index is 12.8. The maximum absolute atomic E-state index is 12.8. The van der Waals surface area contributed by atoms with Gasteiger partial charge in [0, 0.05) is 19.8 Å². The van der Waals surface area contributed by atoms with Gasteiger partial charge in [-0.3, -0.25) is 4.79 Å². The molecule has 0 bridgehead atoms. The lowest BCUT2D eigenvalue weighted by Gasteiger charge is -2.38. The Bertz CT molecular complexity index is 449. The normalized spacial score (nSPS) is 23.7. The molecule has 20 heavy (non-hydrogen) atoms. The standard InChI is InChI=1S/C14H26N2O3S/c1-16(11-12-5-3-4-6-12)13(17)14(20(2,18)19)7-9-15-10-8-14/h12,15H,3-11H2,1-2H3. The first-order valence-electron chi connectivity index (χ1n) is 7.53. The van der Waals surface area contributed by atoms with E-state index < -0.39 is 14.6 Å². The van der Waals surface area contributed by atoms with Gasteiger partial charge < -0.3 is 10.2 Å². The number of carbonyl (C=O) groups excluding carboxylic acids is 1. The Balaban J connectivity index is 2.13. The molecule has 0 aromatic heterocycles. The van der Waals surface area contributed by atoms with E-state index in [9.17, 15) is 13.2 Å². The van der Waals surface area contributed by atoms with Gasteiger partial charge in [0.1, 0.15) is 0 Å². The van der Waals surface area contributed by atoms with Crippen LogP contribution in [-0.2, 0) is 14.6 Å². The summed E-state index contributed by atoms with van der Waals surface area (Å²) in [7, 11) is -1.64. The number of nitrogens with zero attached hydrogens (tertiary/aromatic N) is 1. The van der Waals surface area contributed by atoms with Crippen molar-refractivity contribution in [3.8, 4) is 0 Å². The van der Waals surface area contributed by atoms with E-state index in [-0.39, 0.29) is 5.91 Å². The molecule has 1 amide bonds. The third-order valence-electron chi connectivity index (χ3n) is 4.86. The van der Waals surface area contributed by atoms with Gasteiger partial charge in [-0.15, -0.1) is 0 Å². The van der Waals surface area contributed by atoms with Gasteiger partial charge in [-0.25, -0.2) is 8.42 Å². The molecule has 0 aromatic carbocycles. The highest BCUT2D eigenvalue weighted by Crippen LogP contribution is 2.31. The molecule has 116 valence electrons. The van der Waals surface area contributed by atoms with E-state index in [0.29, 0.717) is 38.4 Å². The highest BCUT2D eigenvalue weighted by atomic mass is 32.2. The number of carbonyl (C=O) groups is 1. The summed E-state index contributed by atoms with van der Waals surface area (Å²) in [6, 6.07) is 0. The number of sulfone groups is 1. The van der Waals surface area contributed by atoms with Gasteiger partial charge in [-0.1, -0.05) is 12.8 Å². The molecular formula is C14H26N2O3S. The van der Waals surface area contributed by atoms with Crippen LogP contribution in [0.4, 0.5) is 0 Å². The zero-order valence-electron chi connectivity index (χ0n) is 12.5. The molecule has 1 aliphatic carbocycles. The van der Waals surface area contributed by atoms with Crippen molar-refractivity contribution in [1.29, 1.82) is 0 Å². The number of hydrogen-bond acceptors (Lipinski definition) is 4. The molecule has 6 heteroatoms. The van der Waals surface area contributed by atoms with Crippen molar-refractivity contribution in [3.63, 3.8) is 0 Å². The van der Waals surface area contributed by atoms with Crippen LogP contribution in [0, 0.1) is 5.92 Å². The van der Waals surface area contributed by atoms with Crippen molar-refractivity contribution in [2.45, 2.75) is 43.3 Å². The van der Waals surface area contributed by atoms with Crippen molar-refractivity contribution >= 4 is 15.7 Å². The number of nitrogens with one attached hydrogen (secondary N) is 1. The van der Waals surface area contributed by atoms with E-state index in [4.69, 9.17) is 0 Å². The predicted molar refractivity (Wildman–Crippen MR) is 79.3 cm³/mol. The second-order valence-electron chi connectivity index (χ2n) is 6.35. The molecule has 0 atom stereocenters. The summed E-state index contributed by atoms with van der Waals surface area (Å²) in [5.74, 6) is 0.343. The predicted octanol–water partition coefficient (Wildman–Crippen LogP) is 0.802. The minimum atomic E-state index is -3.40. The minimum Gasteiger partial charge on any atom is -0.344 e. The first kappa shape index (κ1) is 15.8. The Kier molecular flexibility index (Phi) is 4.74. The Morgan fingerprint density at radius 2 is 1.80 bits per heavy atom. The number of hydrogen-bond donors (Lipinski definition) is 1. The lowest BCUT2D eigenvalue weighted by atomic mass is 9.94. The van der Waals surface area contributed by atoms with Gasteiger partial charge in [0.25, 0.3) is 0 Å². The molecule has 0 unspecified atom stereocenters. The Hall–Kier alpha value is -0.620. The lowest BCUT2D eigenvalue weighted by Crippen LogP contribution is -2.58. The van der Waals surface area contributed by atoms with Crippen molar-refractivity contribution in [2.24, 2.45) is 5.92 Å². The van der Waals surface area contributed by atoms with E-state index in [1.165, 1.54) is 19.1 Å². The van der Waals surface area contributed by atoms with Gasteiger partial charge in [-0.05, 0) is 44.7 Å². The van der Waals surface area contributed by atoms with Gasteiger partial charge >= 0.3 is 0 Å². The molecule has 1 saturated carbocycles. The van der Waals surface area contributed by atoms with Crippen LogP contribution < -0.4 is 5.32 Å². The van der Waals surface area contributed by atoms with Crippen LogP contribution >= 0.6 is 0 Å². The highest BCUT2D eigenvalue weighted by molar-refractivity contribution is 7.92. The maximum Gasteiger partial charge on any atom is 0.243 e. The minimum absolute atomic E-state index is 0.201. The van der Waals surface area contributed by atoms with Crippen LogP contribution in [0.5, 0.6) is 0 Å². The monoisotopic (exact) mass is 302 g/mol. The van der Waals surface area contributed by atoms with Crippen LogP contribution in [0.1, 0.15) is 38.5 Å². The largest absolute Gasteiger partial charge is 0.344 e. The van der Waals surface area contributed by atoms with E-state index >= 15 is 0 Å². The number of rotatable bonds is 4. The van der Waals surface area contributed by atoms with Gasteiger partial charge in [0.15, 0.2) is 14.6 Å². The summed E-state index contributed by atoms with van der Waals surface area (Å²) in [6.45, 7) is 1.88. The molecule has 1 N–H and O–H groups in total. The molecule has 2 fully saturated rings. The van der Waals surface area contributed by atoms with Crippen molar-refractivity contribution < 1.29 is 13.2 Å². The van der Waals surface area contributed by atoms with Gasteiger partial charge in [0.05, 0.1) is 0 Å². The van der Waals surface area contributed by atoms with Crippen LogP contribution in [0.2, 0.25) is 0 Å². The second kappa shape index (κ2) is 6.02. The molecule has 2 aliphatic rings. The van der Waals surface area contributed by atoms with Crippen LogP contribution in [0.3, 0.4) is 0 Å². The Morgan fingerprint density at radius 3 is 2.30 bits per heavy atom. The van der Waals surface area contributed by atoms with Crippen LogP contribution in [0.25, 0.3) is 0 Å². The first-order chi connectivity index (χ1) is 9.37. The molecule has 1 saturated heterocycles. The fourth-order valence-electron chi connectivity index (χ4n) is 3.58. The topological polar surface area (TPSA) is 66.5 Å². The quantitative estimate of drug-likeness (QED) is 0.834. The molecule has 0 aromatic rings. The highest BCUT2D eigenvalue weighted by Gasteiger charge is 2.50. The summed E-state index contributed by atoms with van der Waals surface area (Å²) >= 11 is 0. The van der Waals surface area contributed by atoms with E-state index in [1.54, 1.807) is 11.9 Å². The Morgan fingerprint density at radius 1 is 1.25 bits per heavy atom. The molecule has 2 rings (SSSR count). The first-order valence-corrected chi connectivity index (χ1v) is 9.42. The number of piperidine rings is 1. The fourth-order valence-corrected chi connectivity index (χ4v) is 5.00. The van der Waals surface area contributed by atoms with Crippen molar-refractivity contribution in [2.75, 3.05) is 32.9 Å². The van der Waals surface area contributed by atoms with Gasteiger partial charge in [-0.2, -0.15) is 0 Å². The summed E-state index contributed by atoms with van der Waals surface area (Å²) in [5.41, 5.74) is 0. The van der Waals surface area contributed by atoms with Crippen molar-refractivity contribution in [3.05, 3.63) is 0 Å². The summed E-state index contributed by atoms with van der Waals surface area (Å²) in [5, 5.41) is 3.14. The third-order valence-corrected chi connectivity index (χ3v) is 6.87. The van der Waals surface area contributed by atoms with E-state index in [0.717, 1.165) is 12.8 Å². The van der Waals surface area contributed by atoms with Gasteiger partial charge in [0.2, 0.25) is 5.91 Å². The lowest BCUT2D eigenvalue weighted by molar-refractivity contribution is -0.134. The molecule has 5 nitrogen and oxygen atoms in total. The second-order valence-corrected chi connectivity index (χ2v) is 8.68. The average molecular weight is 302 g/mol. The summed E-state index contributed by atoms with van der Waals surface area (Å²) < 4.78 is 23.2. The Labute approximate surface area is 122 Å². The van der Waals surface area contributed by atoms with Crippen LogP contribution in [0.15, 0.2) is 0 Å². The zero-order valence-corrected chi connectivity index (χ0v) is 13.3. The summed E-state index contributed by atoms with van der Waals surface area (Å²) in [4.78, 5) is 14.4. The zero-order chi connectivity index (χ0) is 14.8. The molecule has 0 spiro atoms. The fraction of sp³-hybridized carbons (Fsp3) is 0.929. The molecule has 0 radical (unpaired) electrons. The van der Waals surface area contributed by atoms with E-state index in [1.807, 2.05) is 0 Å². The molecule has 1 heterocycles. The third kappa shape index (κ3) is 3.01. The summed E-state index contributed by atoms with van der Waals surface area (Å²) in [6.07, 6.45) is 6.76. The van der Waals surface area contributed by atoms with E-state index in [2.05, 4.69) is 5.32 Å². The van der Waals surface area contributed by atoms with Crippen molar-refractivity contribution in [1.82, 2.24) is 10.2 Å². The molecular weight excluding hydrogens is 276 g/mol.